The van der Waals surface area contributed by atoms with Crippen molar-refractivity contribution in [3.63, 3.8) is 0 Å². The monoisotopic (exact) mass is 442 g/mol. The predicted octanol–water partition coefficient (Wildman–Crippen LogP) is 3.11. The van der Waals surface area contributed by atoms with Crippen LogP contribution in [0.4, 0.5) is 5.69 Å². The Kier molecular flexibility index (Phi) is 4.72. The van der Waals surface area contributed by atoms with E-state index in [1.807, 2.05) is 43.5 Å². The number of nitrogens with zero attached hydrogens (tertiary/aromatic N) is 5. The molecule has 8 heteroatoms. The second kappa shape index (κ2) is 7.46. The molecule has 4 heterocycles. The summed E-state index contributed by atoms with van der Waals surface area (Å²) in [4.78, 5) is 27.2. The summed E-state index contributed by atoms with van der Waals surface area (Å²) >= 11 is 1.58. The molecule has 5 rings (SSSR count). The highest BCUT2D eigenvalue weighted by Crippen LogP contribution is 2.48. The van der Waals surface area contributed by atoms with E-state index in [-0.39, 0.29) is 17.8 Å². The van der Waals surface area contributed by atoms with Crippen LogP contribution >= 0.6 is 11.3 Å². The molecule has 0 radical (unpaired) electrons. The first kappa shape index (κ1) is 20.2. The van der Waals surface area contributed by atoms with Crippen molar-refractivity contribution >= 4 is 28.9 Å². The Bertz CT molecular complexity index is 1270. The number of thiophene rings is 1. The molecule has 160 valence electrons. The first-order valence-corrected chi connectivity index (χ1v) is 11.2. The second-order valence-electron chi connectivity index (χ2n) is 8.27. The minimum atomic E-state index is -0.756. The number of anilines is 1. The Hall–Kier alpha value is -3.70. The second-order valence-corrected chi connectivity index (χ2v) is 9.19. The first-order valence-electron chi connectivity index (χ1n) is 10.3. The fraction of sp³-hybridized carbons (Fsp3) is 0.250. The lowest BCUT2D eigenvalue weighted by molar-refractivity contribution is -0.132. The minimum Gasteiger partial charge on any atom is -0.369 e. The minimum absolute atomic E-state index is 0.0264. The molecular weight excluding hydrogens is 420 g/mol. The lowest BCUT2D eigenvalue weighted by Gasteiger charge is -2.36. The SMILES string of the molecule is Cc1ccc(N2CC3C(=O)N(C)C(N)=N[C@@]3(c3cc(-c4cccc(C#N)c4)cs3)C2)cn1. The number of hydrogen-bond donors (Lipinski definition) is 1. The highest BCUT2D eigenvalue weighted by Gasteiger charge is 2.56. The van der Waals surface area contributed by atoms with E-state index in [9.17, 15) is 10.1 Å². The number of guanidine groups is 1. The largest absolute Gasteiger partial charge is 0.369 e. The molecule has 1 amide bonds. The molecular formula is C24H22N6OS. The van der Waals surface area contributed by atoms with Gasteiger partial charge in [0.25, 0.3) is 0 Å². The standard InChI is InChI=1S/C24H22N6OS/c1-15-6-7-19(11-27-15)30-12-20-22(31)29(2)23(26)28-24(20,14-30)21-9-18(13-32-21)17-5-3-4-16(8-17)10-25/h3-9,11,13,20H,12,14H2,1-2H3,(H2,26,28)/t20?,24-/m0/s1. The van der Waals surface area contributed by atoms with Crippen molar-refractivity contribution in [3.8, 4) is 17.2 Å². The van der Waals surface area contributed by atoms with Crippen LogP contribution in [0.5, 0.6) is 0 Å². The number of benzene rings is 1. The zero-order chi connectivity index (χ0) is 22.5. The number of nitriles is 1. The summed E-state index contributed by atoms with van der Waals surface area (Å²) in [5.41, 5.74) is 9.94. The maximum absolute atomic E-state index is 13.3. The molecule has 2 aliphatic rings. The molecule has 1 unspecified atom stereocenters. The smallest absolute Gasteiger partial charge is 0.236 e. The molecule has 1 saturated heterocycles. The number of aliphatic imine (C=N–C) groups is 1. The summed E-state index contributed by atoms with van der Waals surface area (Å²) in [6.45, 7) is 3.04. The maximum Gasteiger partial charge on any atom is 0.236 e. The summed E-state index contributed by atoms with van der Waals surface area (Å²) in [5, 5.41) is 11.3. The van der Waals surface area contributed by atoms with Gasteiger partial charge < -0.3 is 10.6 Å². The average Bonchev–Trinajstić information content (AvgIpc) is 3.45. The van der Waals surface area contributed by atoms with Gasteiger partial charge in [-0.3, -0.25) is 14.7 Å². The van der Waals surface area contributed by atoms with Gasteiger partial charge in [0.1, 0.15) is 5.54 Å². The maximum atomic E-state index is 13.3. The van der Waals surface area contributed by atoms with E-state index in [0.717, 1.165) is 27.4 Å². The lowest BCUT2D eigenvalue weighted by Crippen LogP contribution is -2.54. The Labute approximate surface area is 190 Å². The summed E-state index contributed by atoms with van der Waals surface area (Å²) < 4.78 is 0. The van der Waals surface area contributed by atoms with E-state index < -0.39 is 5.54 Å². The van der Waals surface area contributed by atoms with Crippen molar-refractivity contribution in [2.75, 3.05) is 25.0 Å². The Morgan fingerprint density at radius 2 is 2.09 bits per heavy atom. The van der Waals surface area contributed by atoms with Crippen LogP contribution in [0, 0.1) is 24.2 Å². The van der Waals surface area contributed by atoms with Crippen LogP contribution < -0.4 is 10.6 Å². The highest BCUT2D eigenvalue weighted by molar-refractivity contribution is 7.10. The fourth-order valence-corrected chi connectivity index (χ4v) is 5.60. The van der Waals surface area contributed by atoms with Crippen LogP contribution in [0.3, 0.4) is 0 Å². The summed E-state index contributed by atoms with van der Waals surface area (Å²) in [7, 11) is 1.68. The average molecular weight is 443 g/mol. The van der Waals surface area contributed by atoms with Gasteiger partial charge in [-0.2, -0.15) is 5.26 Å². The highest BCUT2D eigenvalue weighted by atomic mass is 32.1. The van der Waals surface area contributed by atoms with Gasteiger partial charge in [0.15, 0.2) is 5.96 Å². The van der Waals surface area contributed by atoms with Gasteiger partial charge in [0, 0.05) is 30.7 Å². The molecule has 1 aromatic carbocycles. The van der Waals surface area contributed by atoms with Crippen LogP contribution in [-0.4, -0.2) is 41.9 Å². The molecule has 0 saturated carbocycles. The summed E-state index contributed by atoms with van der Waals surface area (Å²) in [6, 6.07) is 15.8. The molecule has 2 N–H and O–H groups in total. The number of fused-ring (bicyclic) bond motifs is 1. The number of nitrogens with two attached hydrogens (primary N) is 1. The quantitative estimate of drug-likeness (QED) is 0.672. The molecule has 2 aliphatic heterocycles. The van der Waals surface area contributed by atoms with Crippen LogP contribution in [0.15, 0.2) is 59.0 Å². The normalized spacial score (nSPS) is 22.5. The van der Waals surface area contributed by atoms with Gasteiger partial charge in [-0.1, -0.05) is 12.1 Å². The summed E-state index contributed by atoms with van der Waals surface area (Å²) in [5.74, 6) is -0.142. The lowest BCUT2D eigenvalue weighted by atomic mass is 9.83. The van der Waals surface area contributed by atoms with Crippen LogP contribution in [0.1, 0.15) is 16.1 Å². The molecule has 3 aromatic rings. The van der Waals surface area contributed by atoms with E-state index in [4.69, 9.17) is 10.7 Å². The number of carbonyl (C=O) groups excluding carboxylic acids is 1. The van der Waals surface area contributed by atoms with Crippen molar-refractivity contribution < 1.29 is 4.79 Å². The van der Waals surface area contributed by atoms with E-state index >= 15 is 0 Å². The molecule has 7 nitrogen and oxygen atoms in total. The van der Waals surface area contributed by atoms with Crippen LogP contribution in [-0.2, 0) is 10.3 Å². The van der Waals surface area contributed by atoms with Gasteiger partial charge in [-0.15, -0.1) is 11.3 Å². The molecule has 0 bridgehead atoms. The first-order chi connectivity index (χ1) is 15.4. The Morgan fingerprint density at radius 3 is 2.84 bits per heavy atom. The van der Waals surface area contributed by atoms with Crippen molar-refractivity contribution in [3.05, 3.63) is 70.2 Å². The molecule has 0 aliphatic carbocycles. The van der Waals surface area contributed by atoms with Gasteiger partial charge in [-0.05, 0) is 53.8 Å². The molecule has 2 aromatic heterocycles. The number of amides is 1. The number of pyridine rings is 1. The number of carbonyl (C=O) groups is 1. The van der Waals surface area contributed by atoms with Gasteiger partial charge in [0.2, 0.25) is 5.91 Å². The van der Waals surface area contributed by atoms with Gasteiger partial charge >= 0.3 is 0 Å². The van der Waals surface area contributed by atoms with E-state index in [1.165, 1.54) is 4.90 Å². The molecule has 0 spiro atoms. The Morgan fingerprint density at radius 1 is 1.25 bits per heavy atom. The third kappa shape index (κ3) is 3.13. The molecule has 32 heavy (non-hydrogen) atoms. The van der Waals surface area contributed by atoms with Crippen molar-refractivity contribution in [1.29, 1.82) is 5.26 Å². The summed E-state index contributed by atoms with van der Waals surface area (Å²) in [6.07, 6.45) is 1.84. The number of hydrogen-bond acceptors (Lipinski definition) is 7. The Balaban J connectivity index is 1.59. The number of aryl methyl sites for hydroxylation is 1. The van der Waals surface area contributed by atoms with Crippen molar-refractivity contribution in [2.24, 2.45) is 16.6 Å². The van der Waals surface area contributed by atoms with E-state index in [2.05, 4.69) is 27.4 Å². The third-order valence-electron chi connectivity index (χ3n) is 6.31. The molecule has 1 fully saturated rings. The zero-order valence-corrected chi connectivity index (χ0v) is 18.6. The van der Waals surface area contributed by atoms with E-state index in [0.29, 0.717) is 18.7 Å². The van der Waals surface area contributed by atoms with Gasteiger partial charge in [0.05, 0.1) is 29.4 Å². The topological polar surface area (TPSA) is 98.6 Å². The number of aromatic nitrogens is 1. The van der Waals surface area contributed by atoms with Crippen LogP contribution in [0.25, 0.3) is 11.1 Å². The van der Waals surface area contributed by atoms with Crippen molar-refractivity contribution in [2.45, 2.75) is 12.5 Å². The zero-order valence-electron chi connectivity index (χ0n) is 17.8. The van der Waals surface area contributed by atoms with Crippen molar-refractivity contribution in [1.82, 2.24) is 9.88 Å². The fourth-order valence-electron chi connectivity index (χ4n) is 4.49. The van der Waals surface area contributed by atoms with E-state index in [1.54, 1.807) is 24.5 Å². The predicted molar refractivity (Wildman–Crippen MR) is 125 cm³/mol. The molecule has 2 atom stereocenters. The van der Waals surface area contributed by atoms with Gasteiger partial charge in [-0.25, -0.2) is 4.99 Å². The third-order valence-corrected chi connectivity index (χ3v) is 7.41. The number of rotatable bonds is 3. The van der Waals surface area contributed by atoms with Crippen LogP contribution in [0.2, 0.25) is 0 Å².